The van der Waals surface area contributed by atoms with Crippen LogP contribution in [0.4, 0.5) is 0 Å². The summed E-state index contributed by atoms with van der Waals surface area (Å²) in [5.41, 5.74) is 4.53. The van der Waals surface area contributed by atoms with Crippen molar-refractivity contribution in [2.75, 3.05) is 13.4 Å². The van der Waals surface area contributed by atoms with Crippen molar-refractivity contribution in [2.24, 2.45) is 5.73 Å². The minimum Gasteiger partial charge on any atom is -0.371 e. The van der Waals surface area contributed by atoms with Crippen LogP contribution in [0.15, 0.2) is 12.7 Å². The molecule has 0 radical (unpaired) electrons. The van der Waals surface area contributed by atoms with E-state index in [9.17, 15) is 4.79 Å². The van der Waals surface area contributed by atoms with Crippen LogP contribution < -0.4 is 5.73 Å². The van der Waals surface area contributed by atoms with Gasteiger partial charge in [0.2, 0.25) is 5.91 Å². The first kappa shape index (κ1) is 13.7. The number of carbonyl (C=O) groups excluding carboxylic acids is 1. The van der Waals surface area contributed by atoms with Crippen LogP contribution in [0, 0.1) is 0 Å². The zero-order chi connectivity index (χ0) is 9.82. The maximum Gasteiger partial charge on any atom is 0.240 e. The maximum atomic E-state index is 9.47. The van der Waals surface area contributed by atoms with Gasteiger partial charge in [-0.05, 0) is 12.5 Å². The molecule has 0 saturated carbocycles. The van der Waals surface area contributed by atoms with Crippen LogP contribution in [0.2, 0.25) is 0 Å². The van der Waals surface area contributed by atoms with Crippen LogP contribution in [0.1, 0.15) is 19.8 Å². The number of hydrogen-bond donors (Lipinski definition) is 2. The summed E-state index contributed by atoms with van der Waals surface area (Å²) in [5.74, 6) is -0.481. The van der Waals surface area contributed by atoms with E-state index in [0.717, 1.165) is 18.9 Å². The molecule has 0 aliphatic rings. The Morgan fingerprint density at radius 3 is 2.50 bits per heavy atom. The highest BCUT2D eigenvalue weighted by Crippen LogP contribution is 1.84. The van der Waals surface area contributed by atoms with E-state index >= 15 is 0 Å². The first-order valence-corrected chi connectivity index (χ1v) is 3.79. The summed E-state index contributed by atoms with van der Waals surface area (Å²) in [6, 6.07) is 0. The molecule has 0 atom stereocenters. The van der Waals surface area contributed by atoms with Crippen molar-refractivity contribution in [3.63, 3.8) is 0 Å². The molecular formula is C8H17NO3. The van der Waals surface area contributed by atoms with Crippen LogP contribution in [0.5, 0.6) is 0 Å². The lowest BCUT2D eigenvalue weighted by atomic mass is 10.4. The van der Waals surface area contributed by atoms with Crippen molar-refractivity contribution < 1.29 is 14.6 Å². The Labute approximate surface area is 73.0 Å². The molecule has 0 fully saturated rings. The van der Waals surface area contributed by atoms with E-state index in [1.54, 1.807) is 0 Å². The summed E-state index contributed by atoms with van der Waals surface area (Å²) in [6.07, 6.45) is 3.22. The number of unbranched alkanes of at least 4 members (excludes halogenated alkanes) is 1. The summed E-state index contributed by atoms with van der Waals surface area (Å²) in [4.78, 5) is 9.47. The van der Waals surface area contributed by atoms with Crippen LogP contribution in [-0.2, 0) is 9.53 Å². The van der Waals surface area contributed by atoms with Crippen molar-refractivity contribution in [3.8, 4) is 0 Å². The van der Waals surface area contributed by atoms with E-state index in [0.29, 0.717) is 6.61 Å². The molecular weight excluding hydrogens is 158 g/mol. The first-order valence-electron chi connectivity index (χ1n) is 3.79. The third kappa shape index (κ3) is 22.9. The van der Waals surface area contributed by atoms with E-state index < -0.39 is 5.91 Å². The van der Waals surface area contributed by atoms with Crippen LogP contribution in [0.25, 0.3) is 0 Å². The second-order valence-corrected chi connectivity index (χ2v) is 2.00. The van der Waals surface area contributed by atoms with E-state index in [4.69, 9.17) is 5.11 Å². The van der Waals surface area contributed by atoms with Crippen molar-refractivity contribution in [3.05, 3.63) is 12.7 Å². The summed E-state index contributed by atoms with van der Waals surface area (Å²) < 4.78 is 4.63. The van der Waals surface area contributed by atoms with Gasteiger partial charge < -0.3 is 15.6 Å². The van der Waals surface area contributed by atoms with Crippen LogP contribution in [0.3, 0.4) is 0 Å². The molecule has 0 heterocycles. The van der Waals surface area contributed by atoms with Crippen LogP contribution >= 0.6 is 0 Å². The van der Waals surface area contributed by atoms with Gasteiger partial charge in [0.25, 0.3) is 0 Å². The molecule has 0 spiro atoms. The standard InChI is InChI=1S/C5H12O2.C3H5NO/c1-2-3-4-7-5-6;1-2-3(4)5/h6H,2-5H2,1H3;2H,1H2,(H2,4,5). The number of aliphatic hydroxyl groups excluding tert-OH is 1. The molecule has 4 nitrogen and oxygen atoms in total. The average Bonchev–Trinajstić information content (AvgIpc) is 2.07. The summed E-state index contributed by atoms with van der Waals surface area (Å²) in [7, 11) is 0. The molecule has 0 aromatic carbocycles. The van der Waals surface area contributed by atoms with Crippen molar-refractivity contribution in [1.29, 1.82) is 0 Å². The highest BCUT2D eigenvalue weighted by molar-refractivity contribution is 5.84. The fourth-order valence-corrected chi connectivity index (χ4v) is 0.311. The molecule has 0 aliphatic carbocycles. The molecule has 0 bridgehead atoms. The Hall–Kier alpha value is -0.870. The minimum atomic E-state index is -0.481. The van der Waals surface area contributed by atoms with E-state index in [2.05, 4.69) is 24.0 Å². The molecule has 3 N–H and O–H groups in total. The van der Waals surface area contributed by atoms with Gasteiger partial charge >= 0.3 is 0 Å². The zero-order valence-electron chi connectivity index (χ0n) is 7.45. The van der Waals surface area contributed by atoms with Gasteiger partial charge in [0, 0.05) is 6.61 Å². The van der Waals surface area contributed by atoms with E-state index in [-0.39, 0.29) is 6.79 Å². The summed E-state index contributed by atoms with van der Waals surface area (Å²) in [6.45, 7) is 5.72. The van der Waals surface area contributed by atoms with Gasteiger partial charge in [-0.1, -0.05) is 19.9 Å². The highest BCUT2D eigenvalue weighted by atomic mass is 16.6. The second kappa shape index (κ2) is 12.8. The molecule has 0 saturated heterocycles. The monoisotopic (exact) mass is 175 g/mol. The van der Waals surface area contributed by atoms with Gasteiger partial charge in [0.05, 0.1) is 0 Å². The number of hydrogen-bond acceptors (Lipinski definition) is 3. The highest BCUT2D eigenvalue weighted by Gasteiger charge is 1.79. The predicted octanol–water partition coefficient (Wildman–Crippen LogP) is 0.411. The Morgan fingerprint density at radius 2 is 2.25 bits per heavy atom. The zero-order valence-corrected chi connectivity index (χ0v) is 7.45. The van der Waals surface area contributed by atoms with E-state index in [1.807, 2.05) is 0 Å². The molecule has 72 valence electrons. The SMILES string of the molecule is C=CC(N)=O.CCCCOCO. The molecule has 0 unspecified atom stereocenters. The molecule has 4 heteroatoms. The molecule has 0 aromatic rings. The third-order valence-electron chi connectivity index (χ3n) is 0.935. The Morgan fingerprint density at radius 1 is 1.75 bits per heavy atom. The smallest absolute Gasteiger partial charge is 0.240 e. The van der Waals surface area contributed by atoms with Crippen molar-refractivity contribution in [1.82, 2.24) is 0 Å². The molecule has 0 rings (SSSR count). The van der Waals surface area contributed by atoms with Crippen LogP contribution in [-0.4, -0.2) is 24.4 Å². The van der Waals surface area contributed by atoms with Crippen molar-refractivity contribution >= 4 is 5.91 Å². The number of aliphatic hydroxyl groups is 1. The molecule has 0 aromatic heterocycles. The van der Waals surface area contributed by atoms with Gasteiger partial charge in [-0.25, -0.2) is 0 Å². The van der Waals surface area contributed by atoms with Gasteiger partial charge in [0.15, 0.2) is 0 Å². The lowest BCUT2D eigenvalue weighted by Gasteiger charge is -1.94. The fraction of sp³-hybridized carbons (Fsp3) is 0.625. The molecule has 12 heavy (non-hydrogen) atoms. The maximum absolute atomic E-state index is 9.47. The first-order chi connectivity index (χ1) is 5.68. The third-order valence-corrected chi connectivity index (χ3v) is 0.935. The normalized spacial score (nSPS) is 8.17. The largest absolute Gasteiger partial charge is 0.371 e. The number of primary amides is 1. The number of amides is 1. The number of rotatable bonds is 5. The van der Waals surface area contributed by atoms with Gasteiger partial charge in [-0.3, -0.25) is 4.79 Å². The molecule has 1 amide bonds. The topological polar surface area (TPSA) is 72.6 Å². The molecule has 0 aliphatic heterocycles. The Kier molecular flexibility index (Phi) is 14.6. The lowest BCUT2D eigenvalue weighted by molar-refractivity contribution is -0.113. The fourth-order valence-electron chi connectivity index (χ4n) is 0.311. The minimum absolute atomic E-state index is 0.139. The Balaban J connectivity index is 0. The Bertz CT molecular complexity index is 111. The second-order valence-electron chi connectivity index (χ2n) is 2.00. The summed E-state index contributed by atoms with van der Waals surface area (Å²) in [5, 5.41) is 8.07. The lowest BCUT2D eigenvalue weighted by Crippen LogP contribution is -2.04. The number of nitrogens with two attached hydrogens (primary N) is 1. The van der Waals surface area contributed by atoms with E-state index in [1.165, 1.54) is 0 Å². The predicted molar refractivity (Wildman–Crippen MR) is 47.3 cm³/mol. The van der Waals surface area contributed by atoms with Gasteiger partial charge in [0.1, 0.15) is 6.79 Å². The average molecular weight is 175 g/mol. The quantitative estimate of drug-likeness (QED) is 0.361. The number of carbonyl (C=O) groups is 1. The summed E-state index contributed by atoms with van der Waals surface area (Å²) >= 11 is 0. The van der Waals surface area contributed by atoms with Gasteiger partial charge in [-0.2, -0.15) is 0 Å². The van der Waals surface area contributed by atoms with Gasteiger partial charge in [-0.15, -0.1) is 0 Å². The number of ether oxygens (including phenoxy) is 1. The van der Waals surface area contributed by atoms with Crippen molar-refractivity contribution in [2.45, 2.75) is 19.8 Å².